The molecule has 0 aliphatic carbocycles. The molecule has 2 atom stereocenters. The minimum absolute atomic E-state index is 0.131. The molecule has 4 nitrogen and oxygen atoms in total. The largest absolute Gasteiger partial charge is 0.459 e. The molecule has 2 aromatic carbocycles. The van der Waals surface area contributed by atoms with Gasteiger partial charge in [-0.15, -0.1) is 0 Å². The van der Waals surface area contributed by atoms with E-state index in [0.29, 0.717) is 5.11 Å². The normalized spacial score (nSPS) is 18.1. The van der Waals surface area contributed by atoms with E-state index >= 15 is 0 Å². The highest BCUT2D eigenvalue weighted by molar-refractivity contribution is 9.10. The molecule has 0 bridgehead atoms. The number of hydrogen-bond acceptors (Lipinski definition) is 3. The zero-order valence-corrected chi connectivity index (χ0v) is 20.2. The van der Waals surface area contributed by atoms with Crippen LogP contribution in [-0.2, 0) is 0 Å². The van der Waals surface area contributed by atoms with E-state index in [2.05, 4.69) is 63.2 Å². The van der Waals surface area contributed by atoms with Crippen molar-refractivity contribution in [3.8, 4) is 11.3 Å². The Morgan fingerprint density at radius 2 is 1.72 bits per heavy atom. The lowest BCUT2D eigenvalue weighted by Crippen LogP contribution is -2.29. The van der Waals surface area contributed by atoms with Crippen molar-refractivity contribution < 1.29 is 4.42 Å². The maximum Gasteiger partial charge on any atom is 0.174 e. The Kier molecular flexibility index (Phi) is 5.57. The van der Waals surface area contributed by atoms with Gasteiger partial charge in [0.25, 0.3) is 0 Å². The number of pyridine rings is 1. The van der Waals surface area contributed by atoms with Crippen LogP contribution in [-0.4, -0.2) is 10.1 Å². The summed E-state index contributed by atoms with van der Waals surface area (Å²) < 4.78 is 7.46. The number of halogens is 1. The molecular formula is C26H22BrN3OS. The summed E-state index contributed by atoms with van der Waals surface area (Å²) in [4.78, 5) is 6.76. The van der Waals surface area contributed by atoms with Gasteiger partial charge in [0, 0.05) is 21.9 Å². The van der Waals surface area contributed by atoms with Crippen LogP contribution in [0.1, 0.15) is 34.7 Å². The van der Waals surface area contributed by atoms with Gasteiger partial charge in [0.2, 0.25) is 0 Å². The third-order valence-electron chi connectivity index (χ3n) is 5.63. The van der Waals surface area contributed by atoms with Gasteiger partial charge in [-0.05, 0) is 85.7 Å². The van der Waals surface area contributed by atoms with Gasteiger partial charge in [-0.1, -0.05) is 40.2 Å². The second-order valence-corrected chi connectivity index (χ2v) is 9.35. The molecule has 0 saturated carbocycles. The third kappa shape index (κ3) is 3.96. The van der Waals surface area contributed by atoms with E-state index in [4.69, 9.17) is 16.6 Å². The number of benzene rings is 2. The van der Waals surface area contributed by atoms with Crippen LogP contribution in [0.25, 0.3) is 11.3 Å². The molecule has 0 unspecified atom stereocenters. The van der Waals surface area contributed by atoms with Gasteiger partial charge >= 0.3 is 0 Å². The summed E-state index contributed by atoms with van der Waals surface area (Å²) in [5.74, 6) is 1.66. The lowest BCUT2D eigenvalue weighted by atomic mass is 10.0. The first-order valence-corrected chi connectivity index (χ1v) is 11.6. The number of aryl methyl sites for hydroxylation is 2. The second kappa shape index (κ2) is 8.52. The molecule has 160 valence electrons. The van der Waals surface area contributed by atoms with Gasteiger partial charge in [0.1, 0.15) is 17.6 Å². The maximum atomic E-state index is 6.42. The van der Waals surface area contributed by atoms with Crippen molar-refractivity contribution in [1.82, 2.24) is 10.3 Å². The summed E-state index contributed by atoms with van der Waals surface area (Å²) in [5, 5.41) is 4.16. The Bertz CT molecular complexity index is 1250. The van der Waals surface area contributed by atoms with E-state index in [0.717, 1.165) is 32.9 Å². The number of anilines is 1. The van der Waals surface area contributed by atoms with Gasteiger partial charge in [0.15, 0.2) is 5.11 Å². The maximum absolute atomic E-state index is 6.42. The van der Waals surface area contributed by atoms with Gasteiger partial charge < -0.3 is 14.6 Å². The monoisotopic (exact) mass is 503 g/mol. The molecule has 32 heavy (non-hydrogen) atoms. The van der Waals surface area contributed by atoms with Crippen molar-refractivity contribution in [3.63, 3.8) is 0 Å². The quantitative estimate of drug-likeness (QED) is 0.306. The number of thiocarbonyl (C=S) groups is 1. The smallest absolute Gasteiger partial charge is 0.174 e. The summed E-state index contributed by atoms with van der Waals surface area (Å²) in [6.45, 7) is 4.21. The van der Waals surface area contributed by atoms with Crippen LogP contribution < -0.4 is 10.2 Å². The number of furan rings is 1. The number of nitrogens with one attached hydrogen (secondary N) is 1. The lowest BCUT2D eigenvalue weighted by Gasteiger charge is -2.26. The fourth-order valence-corrected chi connectivity index (χ4v) is 4.90. The van der Waals surface area contributed by atoms with Crippen LogP contribution >= 0.6 is 28.1 Å². The van der Waals surface area contributed by atoms with Gasteiger partial charge in [-0.25, -0.2) is 0 Å². The first-order chi connectivity index (χ1) is 15.5. The van der Waals surface area contributed by atoms with Crippen LogP contribution in [0.5, 0.6) is 0 Å². The molecule has 2 aromatic heterocycles. The average molecular weight is 504 g/mol. The van der Waals surface area contributed by atoms with Crippen molar-refractivity contribution in [2.45, 2.75) is 25.9 Å². The SMILES string of the molecule is Cc1cc(C)cc(N2C(=S)N[C@@H](c3ccccn3)[C@@H]2c2ccc(-c3ccc(Br)cc3)o2)c1. The zero-order chi connectivity index (χ0) is 22.2. The second-order valence-electron chi connectivity index (χ2n) is 8.05. The highest BCUT2D eigenvalue weighted by Gasteiger charge is 2.42. The van der Waals surface area contributed by atoms with Crippen molar-refractivity contribution in [2.75, 3.05) is 4.90 Å². The Morgan fingerprint density at radius 1 is 0.969 bits per heavy atom. The number of aromatic nitrogens is 1. The molecule has 1 fully saturated rings. The molecule has 1 N–H and O–H groups in total. The van der Waals surface area contributed by atoms with E-state index in [-0.39, 0.29) is 12.1 Å². The van der Waals surface area contributed by atoms with Gasteiger partial charge in [-0.3, -0.25) is 4.98 Å². The van der Waals surface area contributed by atoms with E-state index in [9.17, 15) is 0 Å². The Balaban J connectivity index is 1.61. The van der Waals surface area contributed by atoms with Gasteiger partial charge in [-0.2, -0.15) is 0 Å². The Hall–Kier alpha value is -2.96. The van der Waals surface area contributed by atoms with E-state index in [1.807, 2.05) is 60.8 Å². The van der Waals surface area contributed by atoms with Crippen molar-refractivity contribution in [2.24, 2.45) is 0 Å². The minimum Gasteiger partial charge on any atom is -0.459 e. The topological polar surface area (TPSA) is 41.3 Å². The molecule has 1 saturated heterocycles. The molecule has 1 aliphatic heterocycles. The van der Waals surface area contributed by atoms with E-state index < -0.39 is 0 Å². The molecule has 1 aliphatic rings. The molecule has 0 amide bonds. The summed E-state index contributed by atoms with van der Waals surface area (Å²) >= 11 is 9.31. The number of hydrogen-bond donors (Lipinski definition) is 1. The molecule has 0 spiro atoms. The summed E-state index contributed by atoms with van der Waals surface area (Å²) in [6, 6.07) is 24.3. The van der Waals surface area contributed by atoms with Gasteiger partial charge in [0.05, 0.1) is 11.7 Å². The number of nitrogens with zero attached hydrogens (tertiary/aromatic N) is 2. The zero-order valence-electron chi connectivity index (χ0n) is 17.7. The molecule has 4 aromatic rings. The van der Waals surface area contributed by atoms with Crippen molar-refractivity contribution >= 4 is 38.9 Å². The van der Waals surface area contributed by atoms with Crippen LogP contribution in [0.2, 0.25) is 0 Å². The van der Waals surface area contributed by atoms with Crippen LogP contribution in [0.4, 0.5) is 5.69 Å². The summed E-state index contributed by atoms with van der Waals surface area (Å²) in [5.41, 5.74) is 5.38. The third-order valence-corrected chi connectivity index (χ3v) is 6.47. The van der Waals surface area contributed by atoms with Crippen LogP contribution in [0, 0.1) is 13.8 Å². The number of rotatable bonds is 4. The first-order valence-electron chi connectivity index (χ1n) is 10.4. The fourth-order valence-electron chi connectivity index (χ4n) is 4.29. The van der Waals surface area contributed by atoms with E-state index in [1.165, 1.54) is 11.1 Å². The van der Waals surface area contributed by atoms with Crippen LogP contribution in [0.3, 0.4) is 0 Å². The first kappa shape index (κ1) is 20.9. The Morgan fingerprint density at radius 3 is 2.41 bits per heavy atom. The van der Waals surface area contributed by atoms with E-state index in [1.54, 1.807) is 0 Å². The molecule has 5 rings (SSSR count). The fraction of sp³-hybridized carbons (Fsp3) is 0.154. The minimum atomic E-state index is -0.164. The highest BCUT2D eigenvalue weighted by atomic mass is 79.9. The molecule has 6 heteroatoms. The summed E-state index contributed by atoms with van der Waals surface area (Å²) in [7, 11) is 0. The highest BCUT2D eigenvalue weighted by Crippen LogP contribution is 2.43. The summed E-state index contributed by atoms with van der Waals surface area (Å²) in [6.07, 6.45) is 1.81. The molecule has 3 heterocycles. The lowest BCUT2D eigenvalue weighted by molar-refractivity contribution is 0.439. The molecule has 0 radical (unpaired) electrons. The van der Waals surface area contributed by atoms with Crippen LogP contribution in [0.15, 0.2) is 87.9 Å². The van der Waals surface area contributed by atoms with Crippen molar-refractivity contribution in [3.05, 3.63) is 106 Å². The average Bonchev–Trinajstić information content (AvgIpc) is 3.39. The standard InChI is InChI=1S/C26H22BrN3OS/c1-16-13-17(2)15-20(14-16)30-25(24(29-26(30)32)21-5-3-4-12-28-21)23-11-10-22(31-23)18-6-8-19(27)9-7-18/h3-15,24-25H,1-2H3,(H,29,32)/t24-,25-/m0/s1. The Labute approximate surface area is 201 Å². The predicted molar refractivity (Wildman–Crippen MR) is 136 cm³/mol. The predicted octanol–water partition coefficient (Wildman–Crippen LogP) is 6.90. The molecular weight excluding hydrogens is 482 g/mol. The van der Waals surface area contributed by atoms with Crippen molar-refractivity contribution in [1.29, 1.82) is 0 Å².